The van der Waals surface area contributed by atoms with E-state index in [1.807, 2.05) is 24.3 Å². The molecule has 0 radical (unpaired) electrons. The van der Waals surface area contributed by atoms with Gasteiger partial charge in [-0.15, -0.1) is 0 Å². The molecule has 6 aromatic carbocycles. The third kappa shape index (κ3) is 3.85. The van der Waals surface area contributed by atoms with Crippen LogP contribution in [0.4, 0.5) is 0 Å². The summed E-state index contributed by atoms with van der Waals surface area (Å²) < 4.78 is 8.59. The molecule has 44 heavy (non-hydrogen) atoms. The number of para-hydroxylation sites is 3. The first-order chi connectivity index (χ1) is 21.8. The first-order valence-corrected chi connectivity index (χ1v) is 14.7. The SMILES string of the molecule is c1cc(-c2cccc(-c3ncnc4c3oc3ccccc34)c2)cc(-c2cccc(-n3c4ccccc4c4ccccc43)c2)c1. The Morgan fingerprint density at radius 3 is 1.70 bits per heavy atom. The molecular weight excluding hydrogens is 538 g/mol. The molecule has 4 heteroatoms. The van der Waals surface area contributed by atoms with Crippen LogP contribution in [0.15, 0.2) is 156 Å². The van der Waals surface area contributed by atoms with E-state index in [0.29, 0.717) is 5.58 Å². The number of fused-ring (bicyclic) bond motifs is 6. The highest BCUT2D eigenvalue weighted by molar-refractivity contribution is 6.09. The molecule has 3 heterocycles. The Hall–Kier alpha value is -6.00. The number of hydrogen-bond acceptors (Lipinski definition) is 3. The van der Waals surface area contributed by atoms with E-state index in [9.17, 15) is 0 Å². The van der Waals surface area contributed by atoms with E-state index in [1.54, 1.807) is 6.33 Å². The Balaban J connectivity index is 1.13. The summed E-state index contributed by atoms with van der Waals surface area (Å²) in [6.45, 7) is 0. The number of nitrogens with zero attached hydrogens (tertiary/aromatic N) is 3. The summed E-state index contributed by atoms with van der Waals surface area (Å²) in [5.74, 6) is 0. The maximum Gasteiger partial charge on any atom is 0.180 e. The van der Waals surface area contributed by atoms with Crippen molar-refractivity contribution in [3.8, 4) is 39.2 Å². The van der Waals surface area contributed by atoms with Crippen molar-refractivity contribution >= 4 is 43.9 Å². The smallest absolute Gasteiger partial charge is 0.180 e. The summed E-state index contributed by atoms with van der Waals surface area (Å²) in [6, 6.07) is 51.3. The standard InChI is InChI=1S/C40H25N3O/c1-4-19-35-32(16-1)33-17-2-5-20-36(33)43(35)31-15-9-13-29(24-31)27-11-7-10-26(22-27)28-12-8-14-30(23-28)38-40-39(42-25-41-38)34-18-3-6-21-37(34)44-40/h1-25H. The molecule has 0 aliphatic heterocycles. The number of aromatic nitrogens is 3. The number of benzene rings is 6. The predicted octanol–water partition coefficient (Wildman–Crippen LogP) is 10.5. The third-order valence-corrected chi connectivity index (χ3v) is 8.51. The van der Waals surface area contributed by atoms with Crippen molar-refractivity contribution in [2.24, 2.45) is 0 Å². The fraction of sp³-hybridized carbons (Fsp3) is 0. The fourth-order valence-electron chi connectivity index (χ4n) is 6.48. The molecule has 0 fully saturated rings. The molecule has 0 spiro atoms. The van der Waals surface area contributed by atoms with Crippen LogP contribution in [0.2, 0.25) is 0 Å². The van der Waals surface area contributed by atoms with Crippen LogP contribution in [0, 0.1) is 0 Å². The maximum atomic E-state index is 6.23. The topological polar surface area (TPSA) is 43.9 Å². The molecule has 9 rings (SSSR count). The summed E-state index contributed by atoms with van der Waals surface area (Å²) >= 11 is 0. The van der Waals surface area contributed by atoms with Gasteiger partial charge in [0, 0.05) is 27.4 Å². The van der Waals surface area contributed by atoms with E-state index in [-0.39, 0.29) is 0 Å². The molecule has 206 valence electrons. The van der Waals surface area contributed by atoms with Gasteiger partial charge in [0.25, 0.3) is 0 Å². The molecule has 3 aromatic heterocycles. The number of furan rings is 1. The van der Waals surface area contributed by atoms with Crippen molar-refractivity contribution < 1.29 is 4.42 Å². The van der Waals surface area contributed by atoms with Gasteiger partial charge in [-0.3, -0.25) is 0 Å². The molecule has 0 amide bonds. The quantitative estimate of drug-likeness (QED) is 0.214. The van der Waals surface area contributed by atoms with Crippen molar-refractivity contribution in [2.75, 3.05) is 0 Å². The molecule has 0 aliphatic carbocycles. The molecule has 9 aromatic rings. The van der Waals surface area contributed by atoms with Crippen molar-refractivity contribution in [1.82, 2.24) is 14.5 Å². The van der Waals surface area contributed by atoms with Gasteiger partial charge >= 0.3 is 0 Å². The Kier molecular flexibility index (Phi) is 5.47. The molecule has 0 saturated carbocycles. The maximum absolute atomic E-state index is 6.23. The molecule has 0 bridgehead atoms. The monoisotopic (exact) mass is 563 g/mol. The minimum Gasteiger partial charge on any atom is -0.452 e. The summed E-state index contributed by atoms with van der Waals surface area (Å²) in [5, 5.41) is 3.52. The van der Waals surface area contributed by atoms with Crippen LogP contribution in [0.3, 0.4) is 0 Å². The fourth-order valence-corrected chi connectivity index (χ4v) is 6.48. The molecule has 0 N–H and O–H groups in total. The minimum atomic E-state index is 0.710. The molecule has 0 aliphatic rings. The Morgan fingerprint density at radius 1 is 0.455 bits per heavy atom. The lowest BCUT2D eigenvalue weighted by Crippen LogP contribution is -1.94. The lowest BCUT2D eigenvalue weighted by atomic mass is 9.97. The van der Waals surface area contributed by atoms with E-state index in [4.69, 9.17) is 4.42 Å². The van der Waals surface area contributed by atoms with Gasteiger partial charge in [0.05, 0.1) is 11.0 Å². The van der Waals surface area contributed by atoms with Crippen molar-refractivity contribution in [2.45, 2.75) is 0 Å². The van der Waals surface area contributed by atoms with Gasteiger partial charge in [0.15, 0.2) is 5.58 Å². The number of rotatable bonds is 4. The van der Waals surface area contributed by atoms with Gasteiger partial charge in [0.2, 0.25) is 0 Å². The second-order valence-corrected chi connectivity index (χ2v) is 11.1. The Labute approximate surface area is 253 Å². The van der Waals surface area contributed by atoms with Crippen LogP contribution in [-0.4, -0.2) is 14.5 Å². The van der Waals surface area contributed by atoms with Crippen LogP contribution in [-0.2, 0) is 0 Å². The molecule has 0 unspecified atom stereocenters. The highest BCUT2D eigenvalue weighted by Gasteiger charge is 2.16. The summed E-state index contributed by atoms with van der Waals surface area (Å²) in [4.78, 5) is 9.18. The van der Waals surface area contributed by atoms with Gasteiger partial charge in [-0.1, -0.05) is 97.1 Å². The second kappa shape index (κ2) is 9.79. The van der Waals surface area contributed by atoms with Gasteiger partial charge in [-0.25, -0.2) is 9.97 Å². The Morgan fingerprint density at radius 2 is 1.00 bits per heavy atom. The van der Waals surface area contributed by atoms with Crippen LogP contribution < -0.4 is 0 Å². The van der Waals surface area contributed by atoms with Gasteiger partial charge in [-0.05, 0) is 70.8 Å². The third-order valence-electron chi connectivity index (χ3n) is 8.51. The lowest BCUT2D eigenvalue weighted by molar-refractivity contribution is 0.667. The summed E-state index contributed by atoms with van der Waals surface area (Å²) in [7, 11) is 0. The average molecular weight is 564 g/mol. The minimum absolute atomic E-state index is 0.710. The highest BCUT2D eigenvalue weighted by atomic mass is 16.3. The van der Waals surface area contributed by atoms with Gasteiger partial charge in [-0.2, -0.15) is 0 Å². The second-order valence-electron chi connectivity index (χ2n) is 11.1. The van der Waals surface area contributed by atoms with Crippen LogP contribution in [0.5, 0.6) is 0 Å². The zero-order valence-corrected chi connectivity index (χ0v) is 23.7. The van der Waals surface area contributed by atoms with Crippen molar-refractivity contribution in [1.29, 1.82) is 0 Å². The summed E-state index contributed by atoms with van der Waals surface area (Å²) in [5.41, 5.74) is 12.3. The van der Waals surface area contributed by atoms with Crippen LogP contribution >= 0.6 is 0 Å². The zero-order chi connectivity index (χ0) is 29.0. The number of hydrogen-bond donors (Lipinski definition) is 0. The van der Waals surface area contributed by atoms with E-state index in [0.717, 1.165) is 50.1 Å². The first kappa shape index (κ1) is 24.6. The zero-order valence-electron chi connectivity index (χ0n) is 23.7. The van der Waals surface area contributed by atoms with Crippen molar-refractivity contribution in [3.05, 3.63) is 152 Å². The van der Waals surface area contributed by atoms with Gasteiger partial charge < -0.3 is 8.98 Å². The van der Waals surface area contributed by atoms with E-state index >= 15 is 0 Å². The van der Waals surface area contributed by atoms with Crippen molar-refractivity contribution in [3.63, 3.8) is 0 Å². The lowest BCUT2D eigenvalue weighted by Gasteiger charge is -2.12. The molecule has 4 nitrogen and oxygen atoms in total. The average Bonchev–Trinajstić information content (AvgIpc) is 3.65. The predicted molar refractivity (Wildman–Crippen MR) is 180 cm³/mol. The highest BCUT2D eigenvalue weighted by Crippen LogP contribution is 2.36. The van der Waals surface area contributed by atoms with E-state index in [1.165, 1.54) is 27.4 Å². The van der Waals surface area contributed by atoms with E-state index < -0.39 is 0 Å². The van der Waals surface area contributed by atoms with Gasteiger partial charge in [0.1, 0.15) is 23.1 Å². The molecular formula is C40H25N3O. The first-order valence-electron chi connectivity index (χ1n) is 14.7. The van der Waals surface area contributed by atoms with Crippen LogP contribution in [0.1, 0.15) is 0 Å². The summed E-state index contributed by atoms with van der Waals surface area (Å²) in [6.07, 6.45) is 1.62. The van der Waals surface area contributed by atoms with Crippen LogP contribution in [0.25, 0.3) is 83.1 Å². The van der Waals surface area contributed by atoms with E-state index in [2.05, 4.69) is 136 Å². The normalized spacial score (nSPS) is 11.6. The molecule has 0 saturated heterocycles. The largest absolute Gasteiger partial charge is 0.452 e. The Bertz CT molecular complexity index is 2470. The molecule has 0 atom stereocenters.